The van der Waals surface area contributed by atoms with Crippen LogP contribution in [0.15, 0.2) is 0 Å². The summed E-state index contributed by atoms with van der Waals surface area (Å²) in [7, 11) is 0. The number of unbranched alkanes of at least 4 members (excludes halogenated alkanes) is 28. The monoisotopic (exact) mass is 619 g/mol. The van der Waals surface area contributed by atoms with Crippen LogP contribution in [0.25, 0.3) is 0 Å². The van der Waals surface area contributed by atoms with Crippen LogP contribution >= 0.6 is 0 Å². The van der Waals surface area contributed by atoms with Gasteiger partial charge < -0.3 is 0 Å². The maximum absolute atomic E-state index is 13.1. The summed E-state index contributed by atoms with van der Waals surface area (Å²) in [4.78, 5) is 26.1. The van der Waals surface area contributed by atoms with Gasteiger partial charge in [0.15, 0.2) is 0 Å². The molecule has 0 aliphatic rings. The molecule has 0 aromatic carbocycles. The second kappa shape index (κ2) is 33.7. The van der Waals surface area contributed by atoms with E-state index < -0.39 is 0 Å². The smallest absolute Gasteiger partial charge is 0.136 e. The third kappa shape index (κ3) is 27.6. The van der Waals surface area contributed by atoms with Gasteiger partial charge >= 0.3 is 0 Å². The molecule has 0 radical (unpaired) electrons. The van der Waals surface area contributed by atoms with Crippen molar-refractivity contribution in [3.63, 3.8) is 0 Å². The van der Waals surface area contributed by atoms with E-state index in [-0.39, 0.29) is 17.8 Å². The van der Waals surface area contributed by atoms with E-state index in [1.165, 1.54) is 167 Å². The summed E-state index contributed by atoms with van der Waals surface area (Å²) in [6, 6.07) is 0. The molecule has 0 aliphatic carbocycles. The Morgan fingerprint density at radius 2 is 0.568 bits per heavy atom. The highest BCUT2D eigenvalue weighted by atomic mass is 16.1. The molecular weight excluding hydrogens is 536 g/mol. The lowest BCUT2D eigenvalue weighted by Gasteiger charge is -2.25. The molecule has 0 saturated heterocycles. The van der Waals surface area contributed by atoms with Gasteiger partial charge in [0.2, 0.25) is 0 Å². The van der Waals surface area contributed by atoms with Gasteiger partial charge in [-0.1, -0.05) is 214 Å². The van der Waals surface area contributed by atoms with E-state index in [1.54, 1.807) is 0 Å². The van der Waals surface area contributed by atoms with Crippen LogP contribution in [0.4, 0.5) is 0 Å². The number of rotatable bonds is 36. The first-order valence-corrected chi connectivity index (χ1v) is 20.5. The summed E-state index contributed by atoms with van der Waals surface area (Å²) < 4.78 is 0. The molecular formula is C42H82O2. The number of Topliss-reactive ketones (excluding diaryl/α,β-unsaturated/α-hetero) is 2. The molecule has 0 rings (SSSR count). The van der Waals surface area contributed by atoms with Crippen LogP contribution in [0.2, 0.25) is 0 Å². The summed E-state index contributed by atoms with van der Waals surface area (Å²) in [6.07, 6.45) is 41.7. The molecule has 0 aromatic heterocycles. The first kappa shape index (κ1) is 43.3. The quantitative estimate of drug-likeness (QED) is 0.0655. The zero-order chi connectivity index (χ0) is 32.5. The van der Waals surface area contributed by atoms with Crippen LogP contribution in [0, 0.1) is 17.8 Å². The standard InChI is InChI=1S/C42H82O2/c1-6-8-10-12-14-16-18-20-22-24-26-28-30-32-34-36-40(43)39(5)42(38(3)4)41(44)37-35-33-31-29-27-25-23-21-19-17-15-13-11-9-7-2/h38-39,42H,6-37H2,1-5H3. The maximum Gasteiger partial charge on any atom is 0.136 e. The van der Waals surface area contributed by atoms with Gasteiger partial charge in [0, 0.05) is 24.7 Å². The molecule has 0 aliphatic heterocycles. The van der Waals surface area contributed by atoms with Crippen molar-refractivity contribution < 1.29 is 9.59 Å². The lowest BCUT2D eigenvalue weighted by molar-refractivity contribution is -0.133. The highest BCUT2D eigenvalue weighted by Gasteiger charge is 2.31. The number of ketones is 2. The maximum atomic E-state index is 13.1. The van der Waals surface area contributed by atoms with Gasteiger partial charge in [-0.3, -0.25) is 9.59 Å². The lowest BCUT2D eigenvalue weighted by atomic mass is 9.77. The van der Waals surface area contributed by atoms with Gasteiger partial charge in [0.25, 0.3) is 0 Å². The normalized spacial score (nSPS) is 13.0. The largest absolute Gasteiger partial charge is 0.299 e. The number of carbonyl (C=O) groups is 2. The summed E-state index contributed by atoms with van der Waals surface area (Å²) in [5, 5.41) is 0. The number of carbonyl (C=O) groups excluding carboxylic acids is 2. The Kier molecular flexibility index (Phi) is 33.2. The Hall–Kier alpha value is -0.660. The minimum Gasteiger partial charge on any atom is -0.299 e. The van der Waals surface area contributed by atoms with Crippen LogP contribution in [-0.2, 0) is 9.59 Å². The highest BCUT2D eigenvalue weighted by molar-refractivity contribution is 5.89. The molecule has 0 N–H and O–H groups in total. The predicted molar refractivity (Wildman–Crippen MR) is 197 cm³/mol. The van der Waals surface area contributed by atoms with E-state index in [0.717, 1.165) is 25.7 Å². The van der Waals surface area contributed by atoms with Crippen LogP contribution in [0.1, 0.15) is 240 Å². The van der Waals surface area contributed by atoms with Crippen molar-refractivity contribution in [3.05, 3.63) is 0 Å². The van der Waals surface area contributed by atoms with E-state index in [9.17, 15) is 9.59 Å². The third-order valence-corrected chi connectivity index (χ3v) is 10.2. The Labute approximate surface area is 278 Å². The van der Waals surface area contributed by atoms with Crippen molar-refractivity contribution in [1.29, 1.82) is 0 Å². The van der Waals surface area contributed by atoms with Crippen molar-refractivity contribution >= 4 is 11.6 Å². The summed E-state index contributed by atoms with van der Waals surface area (Å²) in [5.74, 6) is 0.699. The molecule has 44 heavy (non-hydrogen) atoms. The second-order valence-corrected chi connectivity index (χ2v) is 14.9. The van der Waals surface area contributed by atoms with Crippen molar-refractivity contribution in [2.45, 2.75) is 240 Å². The average molecular weight is 619 g/mol. The molecule has 0 heterocycles. The molecule has 2 unspecified atom stereocenters. The zero-order valence-corrected chi connectivity index (χ0v) is 31.2. The van der Waals surface area contributed by atoms with Crippen LogP contribution in [-0.4, -0.2) is 11.6 Å². The number of hydrogen-bond acceptors (Lipinski definition) is 2. The molecule has 2 nitrogen and oxygen atoms in total. The summed E-state index contributed by atoms with van der Waals surface area (Å²) in [6.45, 7) is 10.9. The Bertz CT molecular complexity index is 609. The van der Waals surface area contributed by atoms with Crippen molar-refractivity contribution in [3.8, 4) is 0 Å². The first-order valence-electron chi connectivity index (χ1n) is 20.5. The van der Waals surface area contributed by atoms with Crippen molar-refractivity contribution in [2.24, 2.45) is 17.8 Å². The molecule has 0 saturated carbocycles. The predicted octanol–water partition coefficient (Wildman–Crippen LogP) is 14.6. The molecule has 0 bridgehead atoms. The molecule has 2 atom stereocenters. The Balaban J connectivity index is 3.78. The molecule has 0 spiro atoms. The molecule has 0 amide bonds. The van der Waals surface area contributed by atoms with Crippen LogP contribution in [0.3, 0.4) is 0 Å². The van der Waals surface area contributed by atoms with Crippen LogP contribution in [0.5, 0.6) is 0 Å². The third-order valence-electron chi connectivity index (χ3n) is 10.2. The number of hydrogen-bond donors (Lipinski definition) is 0. The van der Waals surface area contributed by atoms with Gasteiger partial charge in [-0.2, -0.15) is 0 Å². The minimum atomic E-state index is -0.120. The van der Waals surface area contributed by atoms with Crippen molar-refractivity contribution in [2.75, 3.05) is 0 Å². The summed E-state index contributed by atoms with van der Waals surface area (Å²) >= 11 is 0. The van der Waals surface area contributed by atoms with E-state index in [4.69, 9.17) is 0 Å². The average Bonchev–Trinajstić information content (AvgIpc) is 3.00. The Morgan fingerprint density at radius 3 is 0.818 bits per heavy atom. The van der Waals surface area contributed by atoms with Gasteiger partial charge in [0.05, 0.1) is 0 Å². The minimum absolute atomic E-state index is 0.0921. The van der Waals surface area contributed by atoms with E-state index in [2.05, 4.69) is 27.7 Å². The highest BCUT2D eigenvalue weighted by Crippen LogP contribution is 2.27. The fraction of sp³-hybridized carbons (Fsp3) is 0.952. The molecule has 0 aromatic rings. The topological polar surface area (TPSA) is 34.1 Å². The first-order chi connectivity index (χ1) is 21.5. The van der Waals surface area contributed by atoms with E-state index >= 15 is 0 Å². The molecule has 0 fully saturated rings. The van der Waals surface area contributed by atoms with Crippen LogP contribution < -0.4 is 0 Å². The van der Waals surface area contributed by atoms with Gasteiger partial charge in [-0.15, -0.1) is 0 Å². The van der Waals surface area contributed by atoms with Gasteiger partial charge in [-0.25, -0.2) is 0 Å². The lowest BCUT2D eigenvalue weighted by Crippen LogP contribution is -2.32. The second-order valence-electron chi connectivity index (χ2n) is 14.9. The molecule has 2 heteroatoms. The summed E-state index contributed by atoms with van der Waals surface area (Å²) in [5.41, 5.74) is 0. The zero-order valence-electron chi connectivity index (χ0n) is 31.2. The van der Waals surface area contributed by atoms with Gasteiger partial charge in [0.1, 0.15) is 11.6 Å². The van der Waals surface area contributed by atoms with E-state index in [1.807, 2.05) is 6.92 Å². The Morgan fingerprint density at radius 1 is 0.341 bits per heavy atom. The van der Waals surface area contributed by atoms with Crippen molar-refractivity contribution in [1.82, 2.24) is 0 Å². The fourth-order valence-corrected chi connectivity index (χ4v) is 7.16. The SMILES string of the molecule is CCCCCCCCCCCCCCCCCC(=O)C(C)C(C(=O)CCCCCCCCCCCCCCCCC)C(C)C. The fourth-order valence-electron chi connectivity index (χ4n) is 7.16. The van der Waals surface area contributed by atoms with E-state index in [0.29, 0.717) is 24.4 Å². The van der Waals surface area contributed by atoms with Gasteiger partial charge in [-0.05, 0) is 18.8 Å². The molecule has 262 valence electrons.